The van der Waals surface area contributed by atoms with Gasteiger partial charge in [-0.3, -0.25) is 0 Å². The lowest BCUT2D eigenvalue weighted by molar-refractivity contribution is 0.0526. The second kappa shape index (κ2) is 10.6. The predicted molar refractivity (Wildman–Crippen MR) is 113 cm³/mol. The molecule has 30 heavy (non-hydrogen) atoms. The molecule has 1 N–H and O–H groups in total. The summed E-state index contributed by atoms with van der Waals surface area (Å²) in [5.41, 5.74) is 1.08. The molecule has 2 aromatic rings. The number of ether oxygens (including phenoxy) is 2. The zero-order chi connectivity index (χ0) is 22.2. The molecule has 10 heteroatoms. The lowest BCUT2D eigenvalue weighted by Crippen LogP contribution is -2.23. The van der Waals surface area contributed by atoms with E-state index in [4.69, 9.17) is 9.47 Å². The fourth-order valence-electron chi connectivity index (χ4n) is 2.38. The van der Waals surface area contributed by atoms with E-state index in [1.807, 2.05) is 0 Å². The van der Waals surface area contributed by atoms with Crippen LogP contribution in [0.2, 0.25) is 0 Å². The lowest BCUT2D eigenvalue weighted by Gasteiger charge is -2.09. The summed E-state index contributed by atoms with van der Waals surface area (Å²) in [6.07, 6.45) is 0. The molecule has 0 aliphatic heterocycles. The van der Waals surface area contributed by atoms with Crippen LogP contribution in [0.4, 0.5) is 0 Å². The lowest BCUT2D eigenvalue weighted by atomic mass is 10.1. The molecule has 2 rings (SSSR count). The van der Waals surface area contributed by atoms with Gasteiger partial charge < -0.3 is 9.47 Å². The fourth-order valence-corrected chi connectivity index (χ4v) is 4.02. The molecule has 0 heterocycles. The molecule has 0 bridgehead atoms. The first-order valence-corrected chi connectivity index (χ1v) is 12.7. The van der Waals surface area contributed by atoms with Crippen LogP contribution in [0.25, 0.3) is 0 Å². The maximum absolute atomic E-state index is 12.5. The van der Waals surface area contributed by atoms with Crippen molar-refractivity contribution in [3.63, 3.8) is 0 Å². The zero-order valence-electron chi connectivity index (χ0n) is 16.8. The van der Waals surface area contributed by atoms with Crippen molar-refractivity contribution in [1.82, 2.24) is 4.72 Å². The van der Waals surface area contributed by atoms with Crippen LogP contribution in [0.5, 0.6) is 5.75 Å². The van der Waals surface area contributed by atoms with Gasteiger partial charge >= 0.3 is 5.97 Å². The molecule has 0 fully saturated rings. The van der Waals surface area contributed by atoms with Gasteiger partial charge in [-0.25, -0.2) is 26.4 Å². The molecule has 0 radical (unpaired) electrons. The van der Waals surface area contributed by atoms with Gasteiger partial charge in [0.15, 0.2) is 9.84 Å². The van der Waals surface area contributed by atoms with E-state index in [2.05, 4.69) is 4.72 Å². The highest BCUT2D eigenvalue weighted by molar-refractivity contribution is 7.91. The van der Waals surface area contributed by atoms with Crippen LogP contribution in [0.1, 0.15) is 29.8 Å². The third-order valence-corrected chi connectivity index (χ3v) is 7.25. The van der Waals surface area contributed by atoms with Crippen LogP contribution < -0.4 is 9.46 Å². The molecule has 2 aromatic carbocycles. The average molecular weight is 456 g/mol. The summed E-state index contributed by atoms with van der Waals surface area (Å²) in [4.78, 5) is 11.7. The molecule has 0 aliphatic carbocycles. The number of esters is 1. The molecule has 0 unspecified atom stereocenters. The van der Waals surface area contributed by atoms with Gasteiger partial charge in [-0.15, -0.1) is 0 Å². The van der Waals surface area contributed by atoms with E-state index in [-0.39, 0.29) is 36.2 Å². The number of carbonyl (C=O) groups is 1. The van der Waals surface area contributed by atoms with Crippen molar-refractivity contribution >= 4 is 25.8 Å². The summed E-state index contributed by atoms with van der Waals surface area (Å²) >= 11 is 0. The van der Waals surface area contributed by atoms with Crippen molar-refractivity contribution in [1.29, 1.82) is 0 Å². The predicted octanol–water partition coefficient (Wildman–Crippen LogP) is 2.16. The maximum Gasteiger partial charge on any atom is 0.338 e. The first kappa shape index (κ1) is 23.8. The first-order valence-electron chi connectivity index (χ1n) is 9.36. The van der Waals surface area contributed by atoms with E-state index in [9.17, 15) is 21.6 Å². The van der Waals surface area contributed by atoms with Crippen LogP contribution in [-0.4, -0.2) is 47.5 Å². The Labute approximate surface area is 177 Å². The minimum Gasteiger partial charge on any atom is -0.493 e. The van der Waals surface area contributed by atoms with E-state index < -0.39 is 25.8 Å². The summed E-state index contributed by atoms with van der Waals surface area (Å²) in [5, 5.41) is 0. The summed E-state index contributed by atoms with van der Waals surface area (Å²) in [5.74, 6) is -0.0980. The number of sulfone groups is 1. The number of carbonyl (C=O) groups excluding carboxylic acids is 1. The van der Waals surface area contributed by atoms with Gasteiger partial charge in [-0.05, 0) is 48.9 Å². The average Bonchev–Trinajstić information content (AvgIpc) is 2.73. The molecular formula is C20H25NO7S2. The Hall–Kier alpha value is -2.43. The highest BCUT2D eigenvalue weighted by Crippen LogP contribution is 2.16. The van der Waals surface area contributed by atoms with Crippen molar-refractivity contribution in [2.24, 2.45) is 0 Å². The standard InChI is InChI=1S/C20H25NO7S2/c1-3-27-20(22)17-7-5-16(6-8-17)15-21-30(25,26)19-11-9-18(10-12-19)28-13-14-29(23,24)4-2/h5-12,21H,3-4,13-15H2,1-2H3. The molecule has 164 valence electrons. The zero-order valence-corrected chi connectivity index (χ0v) is 18.5. The van der Waals surface area contributed by atoms with E-state index in [0.717, 1.165) is 0 Å². The number of nitrogens with one attached hydrogen (secondary N) is 1. The Morgan fingerprint density at radius 3 is 2.13 bits per heavy atom. The van der Waals surface area contributed by atoms with E-state index in [1.165, 1.54) is 24.3 Å². The maximum atomic E-state index is 12.5. The Balaban J connectivity index is 1.93. The third kappa shape index (κ3) is 7.12. The van der Waals surface area contributed by atoms with Crippen molar-refractivity contribution in [3.05, 3.63) is 59.7 Å². The summed E-state index contributed by atoms with van der Waals surface area (Å²) < 4.78 is 60.6. The second-order valence-electron chi connectivity index (χ2n) is 6.30. The van der Waals surface area contributed by atoms with Crippen molar-refractivity contribution in [2.45, 2.75) is 25.3 Å². The van der Waals surface area contributed by atoms with Gasteiger partial charge in [0.2, 0.25) is 10.0 Å². The molecule has 0 atom stereocenters. The molecule has 0 amide bonds. The molecule has 0 aromatic heterocycles. The van der Waals surface area contributed by atoms with Crippen LogP contribution >= 0.6 is 0 Å². The quantitative estimate of drug-likeness (QED) is 0.516. The van der Waals surface area contributed by atoms with Crippen molar-refractivity contribution < 1.29 is 31.1 Å². The van der Waals surface area contributed by atoms with Crippen LogP contribution in [0.3, 0.4) is 0 Å². The fraction of sp³-hybridized carbons (Fsp3) is 0.350. The van der Waals surface area contributed by atoms with Gasteiger partial charge in [-0.1, -0.05) is 19.1 Å². The smallest absolute Gasteiger partial charge is 0.338 e. The Kier molecular flexibility index (Phi) is 8.39. The topological polar surface area (TPSA) is 116 Å². The first-order chi connectivity index (χ1) is 14.2. The van der Waals surface area contributed by atoms with Gasteiger partial charge in [0.25, 0.3) is 0 Å². The van der Waals surface area contributed by atoms with Gasteiger partial charge in [-0.2, -0.15) is 0 Å². The molecule has 0 saturated carbocycles. The third-order valence-electron chi connectivity index (χ3n) is 4.17. The number of sulfonamides is 1. The molecule has 0 saturated heterocycles. The second-order valence-corrected chi connectivity index (χ2v) is 10.5. The highest BCUT2D eigenvalue weighted by Gasteiger charge is 2.14. The monoisotopic (exact) mass is 455 g/mol. The number of benzene rings is 2. The number of rotatable bonds is 11. The Morgan fingerprint density at radius 1 is 0.933 bits per heavy atom. The summed E-state index contributed by atoms with van der Waals surface area (Å²) in [7, 11) is -6.87. The molecular weight excluding hydrogens is 430 g/mol. The Bertz CT molecular complexity index is 1050. The number of hydrogen-bond donors (Lipinski definition) is 1. The highest BCUT2D eigenvalue weighted by atomic mass is 32.2. The van der Waals surface area contributed by atoms with Crippen molar-refractivity contribution in [2.75, 3.05) is 24.7 Å². The van der Waals surface area contributed by atoms with Crippen LogP contribution in [-0.2, 0) is 31.1 Å². The summed E-state index contributed by atoms with van der Waals surface area (Å²) in [6.45, 7) is 3.62. The minimum atomic E-state index is -3.75. The van der Waals surface area contributed by atoms with Crippen molar-refractivity contribution in [3.8, 4) is 5.75 Å². The Morgan fingerprint density at radius 2 is 1.57 bits per heavy atom. The van der Waals surface area contributed by atoms with Gasteiger partial charge in [0, 0.05) is 12.3 Å². The van der Waals surface area contributed by atoms with Crippen LogP contribution in [0, 0.1) is 0 Å². The normalized spacial score (nSPS) is 11.8. The SMILES string of the molecule is CCOC(=O)c1ccc(CNS(=O)(=O)c2ccc(OCCS(=O)(=O)CC)cc2)cc1. The van der Waals surface area contributed by atoms with E-state index in [0.29, 0.717) is 16.9 Å². The molecule has 8 nitrogen and oxygen atoms in total. The summed E-state index contributed by atoms with van der Waals surface area (Å²) in [6, 6.07) is 12.2. The largest absolute Gasteiger partial charge is 0.493 e. The van der Waals surface area contributed by atoms with Gasteiger partial charge in [0.05, 0.1) is 22.8 Å². The van der Waals surface area contributed by atoms with E-state index in [1.54, 1.807) is 38.1 Å². The molecule has 0 spiro atoms. The number of hydrogen-bond acceptors (Lipinski definition) is 7. The van der Waals surface area contributed by atoms with E-state index >= 15 is 0 Å². The van der Waals surface area contributed by atoms with Gasteiger partial charge in [0.1, 0.15) is 12.4 Å². The van der Waals surface area contributed by atoms with Crippen LogP contribution in [0.15, 0.2) is 53.4 Å². The molecule has 0 aliphatic rings. The minimum absolute atomic E-state index is 0.00230.